The van der Waals surface area contributed by atoms with Crippen molar-refractivity contribution in [3.8, 4) is 17.2 Å². The lowest BCUT2D eigenvalue weighted by atomic mass is 9.64. The Balaban J connectivity index is 1.62. The molecule has 6 N–H and O–H groups in total. The van der Waals surface area contributed by atoms with Gasteiger partial charge in [0, 0.05) is 37.4 Å². The Labute approximate surface area is 244 Å². The van der Waals surface area contributed by atoms with Crippen LogP contribution in [0, 0.1) is 0 Å². The van der Waals surface area contributed by atoms with Crippen LogP contribution in [0.15, 0.2) is 30.3 Å². The fourth-order valence-corrected chi connectivity index (χ4v) is 5.18. The monoisotopic (exact) mass is 603 g/mol. The molecule has 2 aliphatic rings. The summed E-state index contributed by atoms with van der Waals surface area (Å²) in [6.07, 6.45) is -2.42. The number of hydrogen-bond donors (Lipinski definition) is 6. The number of carbonyl (C=O) groups is 5. The average Bonchev–Trinajstić information content (AvgIpc) is 2.95. The Bertz CT molecular complexity index is 1450. The molecule has 4 amide bonds. The van der Waals surface area contributed by atoms with Crippen LogP contribution in [0.1, 0.15) is 40.9 Å². The van der Waals surface area contributed by atoms with Gasteiger partial charge in [0.15, 0.2) is 17.3 Å². The SMILES string of the molecule is CCN1CCN(C(=O)NC(C(=O)C[C@H]2Cc3cccc(C(=O)O)c3OB2O)C(O)c2ccc(O)c(O)c2Cl)C(=O)C1=O. The molecule has 0 radical (unpaired) electrons. The van der Waals surface area contributed by atoms with Crippen LogP contribution in [-0.2, 0) is 20.8 Å². The summed E-state index contributed by atoms with van der Waals surface area (Å²) in [5.74, 6) is -6.57. The highest BCUT2D eigenvalue weighted by atomic mass is 35.5. The van der Waals surface area contributed by atoms with Crippen molar-refractivity contribution in [3.63, 3.8) is 0 Å². The van der Waals surface area contributed by atoms with Crippen LogP contribution in [-0.4, -0.2) is 97.6 Å². The third-order valence-electron chi connectivity index (χ3n) is 7.24. The number of halogens is 1. The second kappa shape index (κ2) is 12.3. The zero-order chi connectivity index (χ0) is 30.9. The molecule has 1 fully saturated rings. The van der Waals surface area contributed by atoms with E-state index in [-0.39, 0.29) is 42.9 Å². The normalized spacial score (nSPS) is 18.2. The predicted octanol–water partition coefficient (Wildman–Crippen LogP) is 0.697. The predicted molar refractivity (Wildman–Crippen MR) is 145 cm³/mol. The summed E-state index contributed by atoms with van der Waals surface area (Å²) in [6, 6.07) is 3.49. The van der Waals surface area contributed by atoms with Crippen LogP contribution in [0.5, 0.6) is 17.2 Å². The fraction of sp³-hybridized carbons (Fsp3) is 0.346. The van der Waals surface area contributed by atoms with Crippen LogP contribution in [0.3, 0.4) is 0 Å². The van der Waals surface area contributed by atoms with E-state index in [1.165, 1.54) is 17.0 Å². The van der Waals surface area contributed by atoms with E-state index < -0.39 is 77.6 Å². The molecule has 4 rings (SSSR count). The molecule has 0 aromatic heterocycles. The van der Waals surface area contributed by atoms with Crippen LogP contribution in [0.4, 0.5) is 4.79 Å². The summed E-state index contributed by atoms with van der Waals surface area (Å²) in [4.78, 5) is 65.0. The minimum absolute atomic E-state index is 0.00679. The number of hydrogen-bond acceptors (Lipinski definition) is 10. The van der Waals surface area contributed by atoms with E-state index >= 15 is 0 Å². The molecule has 2 aliphatic heterocycles. The van der Waals surface area contributed by atoms with E-state index in [1.54, 1.807) is 13.0 Å². The zero-order valence-corrected chi connectivity index (χ0v) is 22.9. The number of aliphatic hydroxyl groups is 1. The van der Waals surface area contributed by atoms with Gasteiger partial charge < -0.3 is 40.3 Å². The van der Waals surface area contributed by atoms with Crippen LogP contribution in [0.25, 0.3) is 0 Å². The number of ketones is 1. The van der Waals surface area contributed by atoms with Crippen molar-refractivity contribution in [2.75, 3.05) is 19.6 Å². The minimum atomic E-state index is -1.92. The maximum atomic E-state index is 13.6. The molecule has 2 aromatic carbocycles. The molecule has 0 bridgehead atoms. The number of carboxylic acids is 1. The van der Waals surface area contributed by atoms with Crippen molar-refractivity contribution in [2.24, 2.45) is 0 Å². The number of fused-ring (bicyclic) bond motifs is 1. The lowest BCUT2D eigenvalue weighted by Crippen LogP contribution is -2.60. The molecule has 2 unspecified atom stereocenters. The summed E-state index contributed by atoms with van der Waals surface area (Å²) in [7, 11) is -1.63. The average molecular weight is 604 g/mol. The molecular formula is C26H27BClN3O11. The zero-order valence-electron chi connectivity index (χ0n) is 22.2. The minimum Gasteiger partial charge on any atom is -0.535 e. The van der Waals surface area contributed by atoms with E-state index in [0.717, 1.165) is 12.1 Å². The Hall–Kier alpha value is -4.34. The number of nitrogens with one attached hydrogen (secondary N) is 1. The third-order valence-corrected chi connectivity index (χ3v) is 7.63. The van der Waals surface area contributed by atoms with Crippen molar-refractivity contribution in [3.05, 3.63) is 52.0 Å². The molecule has 222 valence electrons. The Kier molecular flexibility index (Phi) is 8.94. The number of urea groups is 1. The number of nitrogens with zero attached hydrogens (tertiary/aromatic N) is 2. The first kappa shape index (κ1) is 30.6. The Morgan fingerprint density at radius 1 is 1.14 bits per heavy atom. The number of piperazine rings is 1. The number of carboxylic acid groups (broad SMARTS) is 1. The highest BCUT2D eigenvalue weighted by Crippen LogP contribution is 2.40. The number of aliphatic hydroxyl groups excluding tert-OH is 1. The number of amides is 4. The quantitative estimate of drug-likeness (QED) is 0.140. The number of phenolic OH excluding ortho intramolecular Hbond substituents is 2. The van der Waals surface area contributed by atoms with E-state index in [4.69, 9.17) is 16.3 Å². The molecule has 42 heavy (non-hydrogen) atoms. The number of imide groups is 1. The van der Waals surface area contributed by atoms with Crippen molar-refractivity contribution in [1.29, 1.82) is 0 Å². The van der Waals surface area contributed by atoms with E-state index in [9.17, 15) is 49.4 Å². The number of Topliss-reactive ketones (excluding diaryl/α,β-unsaturated/α-hetero) is 1. The molecule has 0 aliphatic carbocycles. The molecule has 2 aromatic rings. The maximum absolute atomic E-state index is 13.6. The summed E-state index contributed by atoms with van der Waals surface area (Å²) >= 11 is 6.10. The number of para-hydroxylation sites is 1. The van der Waals surface area contributed by atoms with Gasteiger partial charge in [-0.05, 0) is 31.0 Å². The maximum Gasteiger partial charge on any atom is 0.526 e. The fourth-order valence-electron chi connectivity index (χ4n) is 4.91. The van der Waals surface area contributed by atoms with Gasteiger partial charge in [0.1, 0.15) is 17.9 Å². The first-order valence-corrected chi connectivity index (χ1v) is 13.3. The van der Waals surface area contributed by atoms with Crippen molar-refractivity contribution in [1.82, 2.24) is 15.1 Å². The summed E-state index contributed by atoms with van der Waals surface area (Å²) in [6.45, 7) is 1.77. The second-order valence-electron chi connectivity index (χ2n) is 9.79. The lowest BCUT2D eigenvalue weighted by Gasteiger charge is -2.34. The van der Waals surface area contributed by atoms with Gasteiger partial charge in [-0.2, -0.15) is 0 Å². The molecule has 16 heteroatoms. The smallest absolute Gasteiger partial charge is 0.526 e. The summed E-state index contributed by atoms with van der Waals surface area (Å²) in [5.41, 5.74) is -0.0229. The van der Waals surface area contributed by atoms with Gasteiger partial charge in [-0.25, -0.2) is 9.59 Å². The van der Waals surface area contributed by atoms with Crippen LogP contribution < -0.4 is 9.97 Å². The van der Waals surface area contributed by atoms with Gasteiger partial charge in [0.25, 0.3) is 0 Å². The van der Waals surface area contributed by atoms with Gasteiger partial charge in [-0.15, -0.1) is 0 Å². The largest absolute Gasteiger partial charge is 0.535 e. The van der Waals surface area contributed by atoms with Crippen molar-refractivity contribution in [2.45, 2.75) is 37.7 Å². The van der Waals surface area contributed by atoms with Gasteiger partial charge >= 0.3 is 30.9 Å². The highest BCUT2D eigenvalue weighted by molar-refractivity contribution is 6.47. The first-order chi connectivity index (χ1) is 19.8. The number of likely N-dealkylation sites (N-methyl/N-ethyl adjacent to an activating group) is 1. The molecule has 0 saturated carbocycles. The molecule has 2 heterocycles. The Morgan fingerprint density at radius 3 is 2.52 bits per heavy atom. The third kappa shape index (κ3) is 5.84. The lowest BCUT2D eigenvalue weighted by molar-refractivity contribution is -0.153. The molecule has 0 spiro atoms. The van der Waals surface area contributed by atoms with Crippen molar-refractivity contribution >= 4 is 48.3 Å². The topological polar surface area (TPSA) is 214 Å². The van der Waals surface area contributed by atoms with Gasteiger partial charge in [-0.1, -0.05) is 29.8 Å². The number of rotatable bonds is 8. The van der Waals surface area contributed by atoms with Gasteiger partial charge in [0.05, 0.1) is 10.6 Å². The van der Waals surface area contributed by atoms with Crippen molar-refractivity contribution < 1.29 is 54.1 Å². The van der Waals surface area contributed by atoms with Gasteiger partial charge in [0.2, 0.25) is 0 Å². The Morgan fingerprint density at radius 2 is 1.86 bits per heavy atom. The van der Waals surface area contributed by atoms with Crippen LogP contribution in [0.2, 0.25) is 10.8 Å². The number of phenols is 2. The molecule has 3 atom stereocenters. The summed E-state index contributed by atoms with van der Waals surface area (Å²) < 4.78 is 5.43. The van der Waals surface area contributed by atoms with Gasteiger partial charge in [-0.3, -0.25) is 19.3 Å². The number of aromatic carboxylic acids is 1. The summed E-state index contributed by atoms with van der Waals surface area (Å²) in [5, 5.41) is 52.8. The van der Waals surface area contributed by atoms with E-state index in [2.05, 4.69) is 5.32 Å². The van der Waals surface area contributed by atoms with Crippen LogP contribution >= 0.6 is 11.6 Å². The van der Waals surface area contributed by atoms with E-state index in [0.29, 0.717) is 10.5 Å². The first-order valence-electron chi connectivity index (χ1n) is 12.9. The van der Waals surface area contributed by atoms with E-state index in [1.807, 2.05) is 0 Å². The second-order valence-corrected chi connectivity index (χ2v) is 10.2. The standard InChI is InChI=1S/C26H27BClN3O11/c1-2-30-8-9-31(24(37)23(30)36)26(40)29-19(20(34)14-6-7-16(32)21(35)18(14)28)17(33)11-13-10-12-4-3-5-15(25(38)39)22(12)42-27(13)41/h3-7,13,19-20,32,34-35,41H,2,8-11H2,1H3,(H,29,40)(H,38,39)/t13-,19?,20?/m1/s1. The highest BCUT2D eigenvalue weighted by Gasteiger charge is 2.42. The molecule has 14 nitrogen and oxygen atoms in total. The molecular weight excluding hydrogens is 577 g/mol. The molecule has 1 saturated heterocycles. The number of aromatic hydroxyl groups is 2. The number of benzene rings is 2. The number of carbonyl (C=O) groups excluding carboxylic acids is 4.